The smallest absolute Gasteiger partial charge is 0.267 e. The monoisotopic (exact) mass is 452 g/mol. The number of rotatable bonds is 5. The van der Waals surface area contributed by atoms with Crippen LogP contribution >= 0.6 is 0 Å². The summed E-state index contributed by atoms with van der Waals surface area (Å²) in [6.07, 6.45) is 1.55. The van der Waals surface area contributed by atoms with E-state index in [9.17, 15) is 32.0 Å². The van der Waals surface area contributed by atoms with Gasteiger partial charge in [-0.3, -0.25) is 9.59 Å². The van der Waals surface area contributed by atoms with Crippen LogP contribution < -0.4 is 5.32 Å². The number of amides is 2. The van der Waals surface area contributed by atoms with E-state index < -0.39 is 63.2 Å². The molecule has 1 aromatic rings. The summed E-state index contributed by atoms with van der Waals surface area (Å²) in [5.41, 5.74) is -0.983. The average Bonchev–Trinajstić information content (AvgIpc) is 3.19. The molecule has 0 spiro atoms. The number of nitrogens with one attached hydrogen (secondary N) is 1. The summed E-state index contributed by atoms with van der Waals surface area (Å²) in [6, 6.07) is 6.47. The standard InChI is InChI=1S/C20H22F2N4O4S/c21-20(22)6-8-26(12-20)18(28)15-10-13(31(29,30)16-3-1-2-7-24-16)9-14(15)17(27)25-19(11-23)4-5-19/h1-3,7,13-15H,4-6,8-10,12H2,(H,25,27)/t13-,14+,15+/m0/s1. The fraction of sp³-hybridized carbons (Fsp3) is 0.600. The van der Waals surface area contributed by atoms with Crippen LogP contribution in [0.5, 0.6) is 0 Å². The molecule has 2 aliphatic carbocycles. The Morgan fingerprint density at radius 1 is 1.19 bits per heavy atom. The van der Waals surface area contributed by atoms with Crippen LogP contribution in [-0.4, -0.2) is 59.9 Å². The van der Waals surface area contributed by atoms with Gasteiger partial charge in [-0.1, -0.05) is 6.07 Å². The molecule has 1 aromatic heterocycles. The second-order valence-corrected chi connectivity index (χ2v) is 10.7. The van der Waals surface area contributed by atoms with Crippen LogP contribution in [0.25, 0.3) is 0 Å². The Bertz CT molecular complexity index is 1040. The molecule has 3 aliphatic rings. The van der Waals surface area contributed by atoms with Crippen molar-refractivity contribution in [2.24, 2.45) is 11.8 Å². The molecule has 3 atom stereocenters. The molecule has 166 valence electrons. The Morgan fingerprint density at radius 3 is 2.45 bits per heavy atom. The third kappa shape index (κ3) is 4.13. The average molecular weight is 452 g/mol. The SMILES string of the molecule is N#CC1(NC(=O)[C@@H]2C[C@H](S(=O)(=O)c3ccccn3)C[C@H]2C(=O)N2CCC(F)(F)C2)CC1. The first-order chi connectivity index (χ1) is 14.6. The van der Waals surface area contributed by atoms with E-state index in [0.29, 0.717) is 12.8 Å². The fourth-order valence-corrected chi connectivity index (χ4v) is 6.11. The number of aromatic nitrogens is 1. The summed E-state index contributed by atoms with van der Waals surface area (Å²) in [4.78, 5) is 30.9. The molecule has 2 heterocycles. The van der Waals surface area contributed by atoms with E-state index in [1.165, 1.54) is 18.3 Å². The van der Waals surface area contributed by atoms with Gasteiger partial charge in [-0.15, -0.1) is 0 Å². The normalized spacial score (nSPS) is 28.7. The lowest BCUT2D eigenvalue weighted by molar-refractivity contribution is -0.141. The van der Waals surface area contributed by atoms with Gasteiger partial charge in [0.2, 0.25) is 11.8 Å². The van der Waals surface area contributed by atoms with E-state index in [4.69, 9.17) is 0 Å². The van der Waals surface area contributed by atoms with E-state index in [2.05, 4.69) is 10.3 Å². The maximum absolute atomic E-state index is 13.6. The van der Waals surface area contributed by atoms with Crippen molar-refractivity contribution in [2.45, 2.75) is 53.8 Å². The molecule has 1 aliphatic heterocycles. The van der Waals surface area contributed by atoms with E-state index in [1.54, 1.807) is 6.07 Å². The lowest BCUT2D eigenvalue weighted by Crippen LogP contribution is -2.45. The summed E-state index contributed by atoms with van der Waals surface area (Å²) < 4.78 is 53.4. The zero-order chi connectivity index (χ0) is 22.4. The minimum absolute atomic E-state index is 0.132. The summed E-state index contributed by atoms with van der Waals surface area (Å²) in [5, 5.41) is 10.7. The largest absolute Gasteiger partial charge is 0.338 e. The molecule has 0 bridgehead atoms. The van der Waals surface area contributed by atoms with Crippen LogP contribution in [-0.2, 0) is 19.4 Å². The molecule has 0 radical (unpaired) electrons. The molecule has 2 saturated carbocycles. The molecule has 31 heavy (non-hydrogen) atoms. The van der Waals surface area contributed by atoms with Crippen LogP contribution in [0, 0.1) is 23.2 Å². The highest BCUT2D eigenvalue weighted by molar-refractivity contribution is 7.92. The third-order valence-electron chi connectivity index (χ3n) is 6.35. The molecule has 2 amide bonds. The zero-order valence-electron chi connectivity index (χ0n) is 16.6. The molecular formula is C20H22F2N4O4S. The summed E-state index contributed by atoms with van der Waals surface area (Å²) >= 11 is 0. The lowest BCUT2D eigenvalue weighted by atomic mass is 9.93. The number of hydrogen-bond donors (Lipinski definition) is 1. The Hall–Kier alpha value is -2.61. The maximum atomic E-state index is 13.6. The molecule has 1 saturated heterocycles. The number of carbonyl (C=O) groups is 2. The topological polar surface area (TPSA) is 120 Å². The maximum Gasteiger partial charge on any atom is 0.267 e. The van der Waals surface area contributed by atoms with Crippen molar-refractivity contribution in [2.75, 3.05) is 13.1 Å². The van der Waals surface area contributed by atoms with Gasteiger partial charge in [-0.2, -0.15) is 5.26 Å². The molecule has 4 rings (SSSR count). The number of carbonyl (C=O) groups excluding carboxylic acids is 2. The Morgan fingerprint density at radius 2 is 1.90 bits per heavy atom. The molecule has 3 fully saturated rings. The van der Waals surface area contributed by atoms with Crippen LogP contribution in [0.3, 0.4) is 0 Å². The first kappa shape index (κ1) is 21.6. The molecule has 8 nitrogen and oxygen atoms in total. The number of hydrogen-bond acceptors (Lipinski definition) is 6. The Balaban J connectivity index is 1.60. The van der Waals surface area contributed by atoms with Crippen molar-refractivity contribution in [1.82, 2.24) is 15.2 Å². The van der Waals surface area contributed by atoms with Gasteiger partial charge in [0, 0.05) is 19.2 Å². The number of likely N-dealkylation sites (tertiary alicyclic amines) is 1. The molecule has 11 heteroatoms. The van der Waals surface area contributed by atoms with Crippen molar-refractivity contribution in [3.8, 4) is 6.07 Å². The van der Waals surface area contributed by atoms with E-state index in [-0.39, 0.29) is 24.4 Å². The van der Waals surface area contributed by atoms with E-state index in [1.807, 2.05) is 6.07 Å². The van der Waals surface area contributed by atoms with Gasteiger partial charge in [-0.25, -0.2) is 22.2 Å². The third-order valence-corrected chi connectivity index (χ3v) is 8.44. The quantitative estimate of drug-likeness (QED) is 0.719. The first-order valence-corrected chi connectivity index (χ1v) is 11.7. The highest BCUT2D eigenvalue weighted by atomic mass is 32.2. The second kappa shape index (κ2) is 7.51. The predicted molar refractivity (Wildman–Crippen MR) is 103 cm³/mol. The summed E-state index contributed by atoms with van der Waals surface area (Å²) in [6.45, 7) is -0.882. The number of pyridine rings is 1. The second-order valence-electron chi connectivity index (χ2n) is 8.57. The van der Waals surface area contributed by atoms with Crippen LogP contribution in [0.2, 0.25) is 0 Å². The minimum atomic E-state index is -3.93. The number of nitriles is 1. The van der Waals surface area contributed by atoms with Gasteiger partial charge < -0.3 is 10.2 Å². The lowest BCUT2D eigenvalue weighted by Gasteiger charge is -2.24. The molecule has 1 N–H and O–H groups in total. The van der Waals surface area contributed by atoms with Gasteiger partial charge in [-0.05, 0) is 37.8 Å². The van der Waals surface area contributed by atoms with Crippen LogP contribution in [0.15, 0.2) is 29.4 Å². The number of nitrogens with zero attached hydrogens (tertiary/aromatic N) is 3. The van der Waals surface area contributed by atoms with Crippen molar-refractivity contribution >= 4 is 21.7 Å². The number of alkyl halides is 2. The predicted octanol–water partition coefficient (Wildman–Crippen LogP) is 1.29. The van der Waals surface area contributed by atoms with E-state index >= 15 is 0 Å². The number of sulfone groups is 1. The van der Waals surface area contributed by atoms with Gasteiger partial charge in [0.25, 0.3) is 5.92 Å². The minimum Gasteiger partial charge on any atom is -0.338 e. The highest BCUT2D eigenvalue weighted by Crippen LogP contribution is 2.42. The molecular weight excluding hydrogens is 430 g/mol. The highest BCUT2D eigenvalue weighted by Gasteiger charge is 2.53. The zero-order valence-corrected chi connectivity index (χ0v) is 17.4. The van der Waals surface area contributed by atoms with E-state index in [0.717, 1.165) is 4.90 Å². The van der Waals surface area contributed by atoms with Crippen molar-refractivity contribution < 1.29 is 26.8 Å². The Kier molecular flexibility index (Phi) is 5.24. The van der Waals surface area contributed by atoms with Crippen LogP contribution in [0.4, 0.5) is 8.78 Å². The van der Waals surface area contributed by atoms with Gasteiger partial charge >= 0.3 is 0 Å². The van der Waals surface area contributed by atoms with Gasteiger partial charge in [0.15, 0.2) is 14.9 Å². The van der Waals surface area contributed by atoms with Crippen molar-refractivity contribution in [1.29, 1.82) is 5.26 Å². The van der Waals surface area contributed by atoms with Crippen molar-refractivity contribution in [3.05, 3.63) is 24.4 Å². The van der Waals surface area contributed by atoms with Gasteiger partial charge in [0.1, 0.15) is 5.54 Å². The van der Waals surface area contributed by atoms with Crippen LogP contribution in [0.1, 0.15) is 32.1 Å². The summed E-state index contributed by atoms with van der Waals surface area (Å²) in [5.74, 6) is -6.28. The summed E-state index contributed by atoms with van der Waals surface area (Å²) in [7, 11) is -3.93. The molecule has 0 unspecified atom stereocenters. The number of halogens is 2. The molecule has 0 aromatic carbocycles. The Labute approximate surface area is 178 Å². The van der Waals surface area contributed by atoms with Crippen molar-refractivity contribution in [3.63, 3.8) is 0 Å². The first-order valence-electron chi connectivity index (χ1n) is 10.1. The van der Waals surface area contributed by atoms with Gasteiger partial charge in [0.05, 0.1) is 29.7 Å². The fourth-order valence-electron chi connectivity index (χ4n) is 4.37.